The first-order valence-electron chi connectivity index (χ1n) is 4.67. The molecular formula is C8H10N4O3S. The topological polar surface area (TPSA) is 97.1 Å². The Labute approximate surface area is 95.2 Å². The Hall–Kier alpha value is -1.57. The molecule has 0 bridgehead atoms. The molecule has 1 fully saturated rings. The van der Waals surface area contributed by atoms with E-state index in [9.17, 15) is 9.59 Å². The molecule has 0 spiro atoms. The molecule has 2 heterocycles. The van der Waals surface area contributed by atoms with Crippen LogP contribution in [0.3, 0.4) is 0 Å². The minimum absolute atomic E-state index is 0.00659. The Morgan fingerprint density at radius 3 is 3.19 bits per heavy atom. The van der Waals surface area contributed by atoms with Crippen LogP contribution in [0.4, 0.5) is 0 Å². The van der Waals surface area contributed by atoms with Gasteiger partial charge in [0.2, 0.25) is 5.91 Å². The highest BCUT2D eigenvalue weighted by Crippen LogP contribution is 2.22. The summed E-state index contributed by atoms with van der Waals surface area (Å²) in [6.07, 6.45) is 1.91. The Kier molecular flexibility index (Phi) is 3.09. The van der Waals surface area contributed by atoms with Crippen LogP contribution in [-0.4, -0.2) is 44.0 Å². The minimum atomic E-state index is -0.903. The average Bonchev–Trinajstić information content (AvgIpc) is 2.82. The van der Waals surface area contributed by atoms with Crippen molar-refractivity contribution in [2.75, 3.05) is 12.3 Å². The third-order valence-electron chi connectivity index (χ3n) is 2.21. The van der Waals surface area contributed by atoms with Crippen molar-refractivity contribution in [1.82, 2.24) is 20.1 Å². The largest absolute Gasteiger partial charge is 0.481 e. The molecule has 1 unspecified atom stereocenters. The second kappa shape index (κ2) is 4.52. The van der Waals surface area contributed by atoms with E-state index < -0.39 is 5.97 Å². The van der Waals surface area contributed by atoms with Crippen LogP contribution in [0.1, 0.15) is 12.5 Å². The van der Waals surface area contributed by atoms with Crippen molar-refractivity contribution in [2.24, 2.45) is 0 Å². The summed E-state index contributed by atoms with van der Waals surface area (Å²) in [4.78, 5) is 21.5. The zero-order chi connectivity index (χ0) is 11.5. The molecule has 1 aliphatic heterocycles. The summed E-state index contributed by atoms with van der Waals surface area (Å²) in [5.74, 6) is -0.972. The van der Waals surface area contributed by atoms with Crippen molar-refractivity contribution in [2.45, 2.75) is 17.6 Å². The van der Waals surface area contributed by atoms with Crippen molar-refractivity contribution in [3.63, 3.8) is 0 Å². The van der Waals surface area contributed by atoms with E-state index in [4.69, 9.17) is 5.11 Å². The van der Waals surface area contributed by atoms with Crippen LogP contribution in [0.2, 0.25) is 0 Å². The fourth-order valence-corrected chi connectivity index (χ4v) is 2.20. The number of carbonyl (C=O) groups excluding carboxylic acids is 1. The SMILES string of the molecule is O=C(O)CSc1nncn1C1CNC(=O)C1. The number of thioether (sulfide) groups is 1. The van der Waals surface area contributed by atoms with Gasteiger partial charge in [0.25, 0.3) is 0 Å². The summed E-state index contributed by atoms with van der Waals surface area (Å²) >= 11 is 1.10. The van der Waals surface area contributed by atoms with Gasteiger partial charge in [-0.2, -0.15) is 0 Å². The molecule has 0 radical (unpaired) electrons. The van der Waals surface area contributed by atoms with Crippen LogP contribution >= 0.6 is 11.8 Å². The molecule has 0 saturated carbocycles. The summed E-state index contributed by atoms with van der Waals surface area (Å²) in [6.45, 7) is 0.539. The molecule has 1 aromatic rings. The number of aliphatic carboxylic acids is 1. The molecule has 0 aromatic carbocycles. The Morgan fingerprint density at radius 1 is 1.75 bits per heavy atom. The van der Waals surface area contributed by atoms with Crippen molar-refractivity contribution in [3.8, 4) is 0 Å². The number of hydrogen-bond acceptors (Lipinski definition) is 5. The molecule has 7 nitrogen and oxygen atoms in total. The summed E-state index contributed by atoms with van der Waals surface area (Å²) in [5.41, 5.74) is 0. The summed E-state index contributed by atoms with van der Waals surface area (Å²) in [5, 5.41) is 19.4. The number of rotatable bonds is 4. The predicted octanol–water partition coefficient (Wildman–Crippen LogP) is -0.484. The third-order valence-corrected chi connectivity index (χ3v) is 3.16. The highest BCUT2D eigenvalue weighted by molar-refractivity contribution is 7.99. The number of carbonyl (C=O) groups is 2. The van der Waals surface area contributed by atoms with Crippen LogP contribution < -0.4 is 5.32 Å². The van der Waals surface area contributed by atoms with Crippen LogP contribution in [0, 0.1) is 0 Å². The lowest BCUT2D eigenvalue weighted by molar-refractivity contribution is -0.134. The maximum Gasteiger partial charge on any atom is 0.313 e. The van der Waals surface area contributed by atoms with Gasteiger partial charge in [-0.25, -0.2) is 0 Å². The Morgan fingerprint density at radius 2 is 2.56 bits per heavy atom. The lowest BCUT2D eigenvalue weighted by Crippen LogP contribution is -2.15. The summed E-state index contributed by atoms with van der Waals surface area (Å²) < 4.78 is 1.74. The van der Waals surface area contributed by atoms with Gasteiger partial charge in [0.1, 0.15) is 6.33 Å². The van der Waals surface area contributed by atoms with Gasteiger partial charge in [-0.1, -0.05) is 11.8 Å². The Bertz CT molecular complexity index is 419. The van der Waals surface area contributed by atoms with E-state index in [1.165, 1.54) is 6.33 Å². The van der Waals surface area contributed by atoms with Crippen LogP contribution in [0.5, 0.6) is 0 Å². The molecule has 86 valence electrons. The van der Waals surface area contributed by atoms with Crippen LogP contribution in [0.25, 0.3) is 0 Å². The highest BCUT2D eigenvalue weighted by atomic mass is 32.2. The molecule has 0 aliphatic carbocycles. The third kappa shape index (κ3) is 2.32. The highest BCUT2D eigenvalue weighted by Gasteiger charge is 2.25. The van der Waals surface area contributed by atoms with E-state index in [-0.39, 0.29) is 17.7 Å². The first kappa shape index (κ1) is 10.9. The number of carboxylic acid groups (broad SMARTS) is 1. The maximum atomic E-state index is 11.1. The molecule has 1 amide bonds. The van der Waals surface area contributed by atoms with Crippen molar-refractivity contribution in [3.05, 3.63) is 6.33 Å². The molecule has 8 heteroatoms. The zero-order valence-corrected chi connectivity index (χ0v) is 9.11. The number of nitrogens with one attached hydrogen (secondary N) is 1. The standard InChI is InChI=1S/C8H10N4O3S/c13-6-1-5(2-9-6)12-4-10-11-8(12)16-3-7(14)15/h4-5H,1-3H2,(H,9,13)(H,14,15). The second-order valence-corrected chi connectivity index (χ2v) is 4.31. The number of nitrogens with zero attached hydrogens (tertiary/aromatic N) is 3. The number of carboxylic acids is 1. The molecule has 1 aromatic heterocycles. The van der Waals surface area contributed by atoms with E-state index in [0.717, 1.165) is 11.8 Å². The van der Waals surface area contributed by atoms with Gasteiger partial charge in [0.15, 0.2) is 5.16 Å². The normalized spacial score (nSPS) is 19.8. The van der Waals surface area contributed by atoms with Gasteiger partial charge in [-0.15, -0.1) is 10.2 Å². The second-order valence-electron chi connectivity index (χ2n) is 3.37. The number of hydrogen-bond donors (Lipinski definition) is 2. The van der Waals surface area contributed by atoms with Gasteiger partial charge in [0.05, 0.1) is 11.8 Å². The lowest BCUT2D eigenvalue weighted by atomic mass is 10.2. The zero-order valence-electron chi connectivity index (χ0n) is 8.29. The average molecular weight is 242 g/mol. The van der Waals surface area contributed by atoms with E-state index in [1.807, 2.05) is 0 Å². The monoisotopic (exact) mass is 242 g/mol. The fourth-order valence-electron chi connectivity index (χ4n) is 1.50. The molecule has 1 saturated heterocycles. The van der Waals surface area contributed by atoms with Gasteiger partial charge in [0, 0.05) is 13.0 Å². The van der Waals surface area contributed by atoms with Crippen LogP contribution in [0.15, 0.2) is 11.5 Å². The van der Waals surface area contributed by atoms with Crippen molar-refractivity contribution < 1.29 is 14.7 Å². The van der Waals surface area contributed by atoms with E-state index in [1.54, 1.807) is 4.57 Å². The first-order chi connectivity index (χ1) is 7.66. The maximum absolute atomic E-state index is 11.1. The van der Waals surface area contributed by atoms with E-state index in [2.05, 4.69) is 15.5 Å². The lowest BCUT2D eigenvalue weighted by Gasteiger charge is -2.10. The molecule has 2 N–H and O–H groups in total. The molecule has 2 rings (SSSR count). The predicted molar refractivity (Wildman–Crippen MR) is 55.0 cm³/mol. The van der Waals surface area contributed by atoms with Crippen molar-refractivity contribution >= 4 is 23.6 Å². The minimum Gasteiger partial charge on any atom is -0.481 e. The first-order valence-corrected chi connectivity index (χ1v) is 5.66. The molecular weight excluding hydrogens is 232 g/mol. The molecule has 16 heavy (non-hydrogen) atoms. The quantitative estimate of drug-likeness (QED) is 0.692. The van der Waals surface area contributed by atoms with Gasteiger partial charge >= 0.3 is 5.97 Å². The molecule has 1 aliphatic rings. The number of amides is 1. The Balaban J connectivity index is 2.06. The van der Waals surface area contributed by atoms with Gasteiger partial charge < -0.3 is 15.0 Å². The summed E-state index contributed by atoms with van der Waals surface area (Å²) in [6, 6.07) is -0.0150. The number of aromatic nitrogens is 3. The van der Waals surface area contributed by atoms with Crippen LogP contribution in [-0.2, 0) is 9.59 Å². The van der Waals surface area contributed by atoms with E-state index >= 15 is 0 Å². The smallest absolute Gasteiger partial charge is 0.313 e. The van der Waals surface area contributed by atoms with Gasteiger partial charge in [-0.05, 0) is 0 Å². The fraction of sp³-hybridized carbons (Fsp3) is 0.500. The van der Waals surface area contributed by atoms with Gasteiger partial charge in [-0.3, -0.25) is 9.59 Å². The van der Waals surface area contributed by atoms with E-state index in [0.29, 0.717) is 18.1 Å². The molecule has 1 atom stereocenters. The van der Waals surface area contributed by atoms with Crippen molar-refractivity contribution in [1.29, 1.82) is 0 Å². The summed E-state index contributed by atoms with van der Waals surface area (Å²) in [7, 11) is 0.